The summed E-state index contributed by atoms with van der Waals surface area (Å²) in [4.78, 5) is 29.6. The molecule has 12 heteroatoms. The molecule has 0 spiro atoms. The van der Waals surface area contributed by atoms with Crippen LogP contribution in [0.15, 0.2) is 35.5 Å². The van der Waals surface area contributed by atoms with Crippen LogP contribution in [0.3, 0.4) is 0 Å². The van der Waals surface area contributed by atoms with E-state index in [-0.39, 0.29) is 30.1 Å². The normalized spacial score (nSPS) is 20.9. The summed E-state index contributed by atoms with van der Waals surface area (Å²) >= 11 is 0. The van der Waals surface area contributed by atoms with Gasteiger partial charge in [-0.3, -0.25) is 9.59 Å². The first-order valence-corrected chi connectivity index (χ1v) is 13.4. The third-order valence-electron chi connectivity index (χ3n) is 6.38. The standard InChI is InChI=1S/C22H34N6O5S/c1-34(32,33)26-18(14-16-6-3-2-4-7-16)21(30)28-11-5-8-19(28)20(29)24-15-17-9-12-27(13-10-17)22(23)25-31/h2-4,6-7,17-19,26,31H,5,8-15H2,1H3,(H2,23,25)(H,24,29)/t18-,19+/m1/s1. The highest BCUT2D eigenvalue weighted by Crippen LogP contribution is 2.21. The summed E-state index contributed by atoms with van der Waals surface area (Å²) in [6.07, 6.45) is 4.03. The first-order valence-electron chi connectivity index (χ1n) is 11.5. The van der Waals surface area contributed by atoms with Gasteiger partial charge in [0.05, 0.1) is 6.26 Å². The number of nitrogens with two attached hydrogens (primary N) is 1. The summed E-state index contributed by atoms with van der Waals surface area (Å²) < 4.78 is 26.3. The molecule has 3 rings (SSSR count). The van der Waals surface area contributed by atoms with Gasteiger partial charge in [0.15, 0.2) is 0 Å². The number of hydrogen-bond acceptors (Lipinski definition) is 6. The molecule has 0 unspecified atom stereocenters. The van der Waals surface area contributed by atoms with E-state index in [1.54, 1.807) is 4.90 Å². The molecule has 2 saturated heterocycles. The molecule has 1 aromatic carbocycles. The number of nitrogens with zero attached hydrogens (tertiary/aromatic N) is 3. The second-order valence-corrected chi connectivity index (χ2v) is 10.7. The monoisotopic (exact) mass is 494 g/mol. The van der Waals surface area contributed by atoms with Crippen molar-refractivity contribution in [2.45, 2.75) is 44.2 Å². The minimum Gasteiger partial charge on any atom is -0.408 e. The van der Waals surface area contributed by atoms with Gasteiger partial charge in [-0.2, -0.15) is 0 Å². The van der Waals surface area contributed by atoms with Crippen molar-refractivity contribution >= 4 is 27.8 Å². The van der Waals surface area contributed by atoms with Crippen LogP contribution in [-0.4, -0.2) is 85.7 Å². The number of oxime groups is 1. The smallest absolute Gasteiger partial charge is 0.242 e. The Balaban J connectivity index is 1.59. The molecule has 2 atom stereocenters. The van der Waals surface area contributed by atoms with Crippen LogP contribution in [0.4, 0.5) is 0 Å². The summed E-state index contributed by atoms with van der Waals surface area (Å²) in [6.45, 7) is 2.17. The maximum atomic E-state index is 13.3. The van der Waals surface area contributed by atoms with Crippen LogP contribution in [0, 0.1) is 5.92 Å². The van der Waals surface area contributed by atoms with Gasteiger partial charge in [0, 0.05) is 26.2 Å². The topological polar surface area (TPSA) is 157 Å². The molecule has 2 heterocycles. The third kappa shape index (κ3) is 7.07. The summed E-state index contributed by atoms with van der Waals surface area (Å²) in [7, 11) is -3.63. The van der Waals surface area contributed by atoms with Crippen molar-refractivity contribution in [1.29, 1.82) is 0 Å². The lowest BCUT2D eigenvalue weighted by atomic mass is 9.97. The molecule has 5 N–H and O–H groups in total. The Hall–Kier alpha value is -2.86. The maximum Gasteiger partial charge on any atom is 0.242 e. The van der Waals surface area contributed by atoms with E-state index in [2.05, 4.69) is 15.2 Å². The Bertz CT molecular complexity index is 979. The minimum atomic E-state index is -3.63. The van der Waals surface area contributed by atoms with E-state index in [9.17, 15) is 18.0 Å². The quantitative estimate of drug-likeness (QED) is 0.167. The fourth-order valence-electron chi connectivity index (χ4n) is 4.58. The summed E-state index contributed by atoms with van der Waals surface area (Å²) in [5.41, 5.74) is 6.46. The van der Waals surface area contributed by atoms with Crippen LogP contribution in [0.5, 0.6) is 0 Å². The zero-order valence-electron chi connectivity index (χ0n) is 19.4. The summed E-state index contributed by atoms with van der Waals surface area (Å²) in [6, 6.07) is 7.59. The molecule has 188 valence electrons. The predicted molar refractivity (Wildman–Crippen MR) is 127 cm³/mol. The Kier molecular flexibility index (Phi) is 8.72. The Morgan fingerprint density at radius 2 is 1.85 bits per heavy atom. The zero-order chi connectivity index (χ0) is 24.7. The lowest BCUT2D eigenvalue weighted by Gasteiger charge is -2.33. The second kappa shape index (κ2) is 11.5. The van der Waals surface area contributed by atoms with E-state index in [0.29, 0.717) is 39.0 Å². The van der Waals surface area contributed by atoms with E-state index in [4.69, 9.17) is 10.9 Å². The number of benzene rings is 1. The van der Waals surface area contributed by atoms with E-state index in [1.807, 2.05) is 30.3 Å². The van der Waals surface area contributed by atoms with Gasteiger partial charge in [-0.1, -0.05) is 35.5 Å². The van der Waals surface area contributed by atoms with Gasteiger partial charge in [-0.05, 0) is 43.6 Å². The molecule has 1 aromatic rings. The second-order valence-electron chi connectivity index (χ2n) is 8.96. The number of nitrogens with one attached hydrogen (secondary N) is 2. The van der Waals surface area contributed by atoms with Crippen molar-refractivity contribution in [3.63, 3.8) is 0 Å². The maximum absolute atomic E-state index is 13.3. The highest BCUT2D eigenvalue weighted by atomic mass is 32.2. The van der Waals surface area contributed by atoms with Crippen molar-refractivity contribution in [2.24, 2.45) is 16.8 Å². The lowest BCUT2D eigenvalue weighted by molar-refractivity contribution is -0.139. The van der Waals surface area contributed by atoms with Crippen molar-refractivity contribution in [1.82, 2.24) is 19.8 Å². The van der Waals surface area contributed by atoms with E-state index in [1.165, 1.54) is 4.90 Å². The first kappa shape index (κ1) is 25.8. The van der Waals surface area contributed by atoms with Crippen molar-refractivity contribution in [3.8, 4) is 0 Å². The van der Waals surface area contributed by atoms with E-state index in [0.717, 1.165) is 24.7 Å². The molecular formula is C22H34N6O5S. The number of sulfonamides is 1. The van der Waals surface area contributed by atoms with Crippen LogP contribution in [0.1, 0.15) is 31.2 Å². The average Bonchev–Trinajstić information content (AvgIpc) is 3.31. The number of hydrogen-bond donors (Lipinski definition) is 4. The van der Waals surface area contributed by atoms with Gasteiger partial charge in [-0.15, -0.1) is 0 Å². The molecule has 0 radical (unpaired) electrons. The van der Waals surface area contributed by atoms with Gasteiger partial charge >= 0.3 is 0 Å². The molecule has 34 heavy (non-hydrogen) atoms. The van der Waals surface area contributed by atoms with Crippen LogP contribution in [-0.2, 0) is 26.0 Å². The van der Waals surface area contributed by atoms with E-state index >= 15 is 0 Å². The zero-order valence-corrected chi connectivity index (χ0v) is 20.2. The largest absolute Gasteiger partial charge is 0.408 e. The molecule has 0 aliphatic carbocycles. The highest BCUT2D eigenvalue weighted by molar-refractivity contribution is 7.88. The number of carbonyl (C=O) groups excluding carboxylic acids is 2. The van der Waals surface area contributed by atoms with Crippen molar-refractivity contribution < 1.29 is 23.2 Å². The van der Waals surface area contributed by atoms with Gasteiger partial charge in [-0.25, -0.2) is 13.1 Å². The number of likely N-dealkylation sites (tertiary alicyclic amines) is 2. The van der Waals surface area contributed by atoms with E-state index < -0.39 is 22.1 Å². The minimum absolute atomic E-state index is 0.0929. The molecule has 2 aliphatic heterocycles. The van der Waals surface area contributed by atoms with Crippen LogP contribution in [0.25, 0.3) is 0 Å². The van der Waals surface area contributed by atoms with Crippen molar-refractivity contribution in [2.75, 3.05) is 32.4 Å². The van der Waals surface area contributed by atoms with Crippen molar-refractivity contribution in [3.05, 3.63) is 35.9 Å². The molecule has 2 fully saturated rings. The van der Waals surface area contributed by atoms with Gasteiger partial charge in [0.2, 0.25) is 27.8 Å². The Morgan fingerprint density at radius 3 is 2.47 bits per heavy atom. The number of piperidine rings is 1. The Labute approximate surface area is 200 Å². The fourth-order valence-corrected chi connectivity index (χ4v) is 5.28. The number of rotatable bonds is 8. The van der Waals surface area contributed by atoms with Crippen LogP contribution in [0.2, 0.25) is 0 Å². The summed E-state index contributed by atoms with van der Waals surface area (Å²) in [5.74, 6) is -0.258. The highest BCUT2D eigenvalue weighted by Gasteiger charge is 2.38. The SMILES string of the molecule is CS(=O)(=O)N[C@H](Cc1ccccc1)C(=O)N1CCC[C@H]1C(=O)NCC1CCN(C(N)=NO)CC1. The number of amides is 2. The molecule has 0 aromatic heterocycles. The molecule has 0 saturated carbocycles. The van der Waals surface area contributed by atoms with Gasteiger partial charge < -0.3 is 26.1 Å². The number of guanidine groups is 1. The molecule has 2 amide bonds. The number of carbonyl (C=O) groups is 2. The van der Waals surface area contributed by atoms with Gasteiger partial charge in [0.1, 0.15) is 12.1 Å². The fraction of sp³-hybridized carbons (Fsp3) is 0.591. The first-order chi connectivity index (χ1) is 16.2. The third-order valence-corrected chi connectivity index (χ3v) is 7.09. The van der Waals surface area contributed by atoms with Gasteiger partial charge in [0.25, 0.3) is 0 Å². The molecule has 2 aliphatic rings. The lowest BCUT2D eigenvalue weighted by Crippen LogP contribution is -2.54. The van der Waals surface area contributed by atoms with Crippen LogP contribution < -0.4 is 15.8 Å². The molecule has 0 bridgehead atoms. The van der Waals surface area contributed by atoms with Crippen LogP contribution >= 0.6 is 0 Å². The average molecular weight is 495 g/mol. The Morgan fingerprint density at radius 1 is 1.18 bits per heavy atom. The summed E-state index contributed by atoms with van der Waals surface area (Å²) in [5, 5.41) is 14.8. The molecule has 11 nitrogen and oxygen atoms in total. The molecular weight excluding hydrogens is 460 g/mol. The predicted octanol–water partition coefficient (Wildman–Crippen LogP) is -0.330.